The molecule has 2 aromatic rings. The Morgan fingerprint density at radius 1 is 1.17 bits per heavy atom. The van der Waals surface area contributed by atoms with E-state index in [2.05, 4.69) is 14.9 Å². The Kier molecular flexibility index (Phi) is 5.15. The van der Waals surface area contributed by atoms with E-state index in [9.17, 15) is 4.79 Å². The van der Waals surface area contributed by atoms with E-state index in [1.165, 1.54) is 0 Å². The molecule has 6 nitrogen and oxygen atoms in total. The van der Waals surface area contributed by atoms with Gasteiger partial charge >= 0.3 is 0 Å². The second-order valence-corrected chi connectivity index (χ2v) is 5.72. The number of ether oxygens (including phenoxy) is 1. The molecule has 0 atom stereocenters. The molecule has 3 rings (SSSR count). The number of rotatable bonds is 4. The Labute approximate surface area is 136 Å². The van der Waals surface area contributed by atoms with Crippen LogP contribution >= 0.6 is 0 Å². The Bertz CT molecular complexity index is 676. The first-order valence-electron chi connectivity index (χ1n) is 8.00. The van der Waals surface area contributed by atoms with Crippen molar-refractivity contribution in [2.24, 2.45) is 0 Å². The van der Waals surface area contributed by atoms with Gasteiger partial charge in [0, 0.05) is 33.3 Å². The number of fused-ring (bicyclic) bond motifs is 1. The largest absolute Gasteiger partial charge is 0.383 e. The van der Waals surface area contributed by atoms with Crippen molar-refractivity contribution in [2.75, 3.05) is 46.4 Å². The van der Waals surface area contributed by atoms with Gasteiger partial charge in [-0.05, 0) is 25.1 Å². The summed E-state index contributed by atoms with van der Waals surface area (Å²) in [5, 5.41) is 0. The Hall–Kier alpha value is -2.05. The quantitative estimate of drug-likeness (QED) is 0.854. The lowest BCUT2D eigenvalue weighted by Gasteiger charge is -2.21. The van der Waals surface area contributed by atoms with Gasteiger partial charge in [-0.25, -0.2) is 4.98 Å². The minimum absolute atomic E-state index is 0.0307. The van der Waals surface area contributed by atoms with E-state index in [-0.39, 0.29) is 5.91 Å². The lowest BCUT2D eigenvalue weighted by molar-refractivity contribution is 0.0753. The second kappa shape index (κ2) is 7.48. The van der Waals surface area contributed by atoms with Gasteiger partial charge in [0.2, 0.25) is 0 Å². The van der Waals surface area contributed by atoms with Gasteiger partial charge in [0.15, 0.2) is 0 Å². The first-order chi connectivity index (χ1) is 11.3. The van der Waals surface area contributed by atoms with Crippen LogP contribution in [0.4, 0.5) is 0 Å². The van der Waals surface area contributed by atoms with Gasteiger partial charge in [-0.15, -0.1) is 0 Å². The number of carbonyl (C=O) groups excluding carboxylic acids is 1. The summed E-state index contributed by atoms with van der Waals surface area (Å²) < 4.78 is 5.13. The summed E-state index contributed by atoms with van der Waals surface area (Å²) in [4.78, 5) is 25.7. The highest BCUT2D eigenvalue weighted by Gasteiger charge is 2.21. The predicted octanol–water partition coefficient (Wildman–Crippen LogP) is 1.42. The molecule has 122 valence electrons. The lowest BCUT2D eigenvalue weighted by atomic mass is 10.2. The van der Waals surface area contributed by atoms with Crippen molar-refractivity contribution in [3.63, 3.8) is 0 Å². The number of para-hydroxylation sites is 2. The highest BCUT2D eigenvalue weighted by Crippen LogP contribution is 2.12. The molecule has 1 fully saturated rings. The molecule has 1 aromatic carbocycles. The molecule has 0 unspecified atom stereocenters. The van der Waals surface area contributed by atoms with Gasteiger partial charge in [-0.1, -0.05) is 12.1 Å². The van der Waals surface area contributed by atoms with Crippen molar-refractivity contribution in [1.82, 2.24) is 19.8 Å². The van der Waals surface area contributed by atoms with Gasteiger partial charge in [0.05, 0.1) is 23.8 Å². The molecule has 0 N–H and O–H groups in total. The summed E-state index contributed by atoms with van der Waals surface area (Å²) >= 11 is 0. The number of methoxy groups -OCH3 is 1. The summed E-state index contributed by atoms with van der Waals surface area (Å²) in [6, 6.07) is 7.61. The Morgan fingerprint density at radius 3 is 2.83 bits per heavy atom. The zero-order chi connectivity index (χ0) is 16.1. The summed E-state index contributed by atoms with van der Waals surface area (Å²) in [7, 11) is 1.71. The Morgan fingerprint density at radius 2 is 2.00 bits per heavy atom. The molecule has 1 saturated heterocycles. The van der Waals surface area contributed by atoms with Crippen LogP contribution in [0, 0.1) is 0 Å². The highest BCUT2D eigenvalue weighted by molar-refractivity contribution is 5.93. The molecule has 6 heteroatoms. The van der Waals surface area contributed by atoms with Crippen LogP contribution in [0.5, 0.6) is 0 Å². The topological polar surface area (TPSA) is 58.6 Å². The lowest BCUT2D eigenvalue weighted by Crippen LogP contribution is -2.36. The molecule has 1 amide bonds. The summed E-state index contributed by atoms with van der Waals surface area (Å²) in [5.41, 5.74) is 1.99. The molecular formula is C17H22N4O2. The van der Waals surface area contributed by atoms with E-state index in [0.717, 1.165) is 56.8 Å². The normalized spacial score (nSPS) is 16.5. The fourth-order valence-corrected chi connectivity index (χ4v) is 2.84. The second-order valence-electron chi connectivity index (χ2n) is 5.72. The fourth-order valence-electron chi connectivity index (χ4n) is 2.84. The number of amides is 1. The number of hydrogen-bond donors (Lipinski definition) is 0. The first kappa shape index (κ1) is 15.8. The molecule has 23 heavy (non-hydrogen) atoms. The van der Waals surface area contributed by atoms with Gasteiger partial charge in [-0.3, -0.25) is 14.7 Å². The van der Waals surface area contributed by atoms with Crippen LogP contribution in [-0.2, 0) is 4.74 Å². The molecule has 0 bridgehead atoms. The minimum atomic E-state index is -0.0307. The maximum Gasteiger partial charge on any atom is 0.274 e. The summed E-state index contributed by atoms with van der Waals surface area (Å²) in [6.07, 6.45) is 2.55. The molecule has 1 aromatic heterocycles. The first-order valence-corrected chi connectivity index (χ1v) is 8.00. The van der Waals surface area contributed by atoms with E-state index >= 15 is 0 Å². The van der Waals surface area contributed by atoms with Crippen LogP contribution in [0.25, 0.3) is 11.0 Å². The van der Waals surface area contributed by atoms with Crippen molar-refractivity contribution < 1.29 is 9.53 Å². The van der Waals surface area contributed by atoms with Crippen LogP contribution in [0.15, 0.2) is 30.5 Å². The van der Waals surface area contributed by atoms with Crippen LogP contribution in [0.1, 0.15) is 16.9 Å². The molecule has 2 heterocycles. The van der Waals surface area contributed by atoms with Gasteiger partial charge in [0.1, 0.15) is 5.69 Å². The van der Waals surface area contributed by atoms with Crippen LogP contribution in [-0.4, -0.2) is 72.1 Å². The number of carbonyl (C=O) groups is 1. The molecule has 1 aliphatic heterocycles. The number of nitrogens with zero attached hydrogens (tertiary/aromatic N) is 4. The van der Waals surface area contributed by atoms with E-state index in [1.54, 1.807) is 13.3 Å². The average Bonchev–Trinajstić information content (AvgIpc) is 2.84. The van der Waals surface area contributed by atoms with E-state index in [1.807, 2.05) is 29.2 Å². The number of benzene rings is 1. The van der Waals surface area contributed by atoms with E-state index < -0.39 is 0 Å². The van der Waals surface area contributed by atoms with Crippen LogP contribution < -0.4 is 0 Å². The molecule has 0 spiro atoms. The summed E-state index contributed by atoms with van der Waals surface area (Å²) in [5.74, 6) is -0.0307. The molecule has 0 aliphatic carbocycles. The SMILES string of the molecule is COCCN1CCCN(C(=O)c2cnc3ccccc3n2)CC1. The standard InChI is InChI=1S/C17H22N4O2/c1-23-12-11-20-7-4-8-21(10-9-20)17(22)16-13-18-14-5-2-3-6-15(14)19-16/h2-3,5-6,13H,4,7-12H2,1H3. The Balaban J connectivity index is 1.69. The third-order valence-electron chi connectivity index (χ3n) is 4.16. The molecule has 0 saturated carbocycles. The minimum Gasteiger partial charge on any atom is -0.383 e. The highest BCUT2D eigenvalue weighted by atomic mass is 16.5. The van der Waals surface area contributed by atoms with Crippen molar-refractivity contribution >= 4 is 16.9 Å². The van der Waals surface area contributed by atoms with Crippen LogP contribution in [0.2, 0.25) is 0 Å². The maximum absolute atomic E-state index is 12.7. The third kappa shape index (κ3) is 3.83. The monoisotopic (exact) mass is 314 g/mol. The predicted molar refractivity (Wildman–Crippen MR) is 88.4 cm³/mol. The van der Waals surface area contributed by atoms with Gasteiger partial charge in [0.25, 0.3) is 5.91 Å². The summed E-state index contributed by atoms with van der Waals surface area (Å²) in [6.45, 7) is 4.99. The maximum atomic E-state index is 12.7. The molecular weight excluding hydrogens is 292 g/mol. The van der Waals surface area contributed by atoms with Crippen molar-refractivity contribution in [1.29, 1.82) is 0 Å². The third-order valence-corrected chi connectivity index (χ3v) is 4.16. The van der Waals surface area contributed by atoms with Crippen molar-refractivity contribution in [3.05, 3.63) is 36.2 Å². The number of hydrogen-bond acceptors (Lipinski definition) is 5. The van der Waals surface area contributed by atoms with Crippen LogP contribution in [0.3, 0.4) is 0 Å². The van der Waals surface area contributed by atoms with Gasteiger partial charge < -0.3 is 9.64 Å². The average molecular weight is 314 g/mol. The molecule has 0 radical (unpaired) electrons. The smallest absolute Gasteiger partial charge is 0.274 e. The van der Waals surface area contributed by atoms with E-state index in [0.29, 0.717) is 5.69 Å². The molecule has 1 aliphatic rings. The van der Waals surface area contributed by atoms with Crippen molar-refractivity contribution in [2.45, 2.75) is 6.42 Å². The van der Waals surface area contributed by atoms with E-state index in [4.69, 9.17) is 4.74 Å². The zero-order valence-electron chi connectivity index (χ0n) is 13.4. The van der Waals surface area contributed by atoms with Crippen molar-refractivity contribution in [3.8, 4) is 0 Å². The fraction of sp³-hybridized carbons (Fsp3) is 0.471. The zero-order valence-corrected chi connectivity index (χ0v) is 13.4. The van der Waals surface area contributed by atoms with Gasteiger partial charge in [-0.2, -0.15) is 0 Å². The number of aromatic nitrogens is 2.